The highest BCUT2D eigenvalue weighted by atomic mass is 16.5. The number of nitrogens with one attached hydrogen (secondary N) is 2. The van der Waals surface area contributed by atoms with Crippen LogP contribution in [0.2, 0.25) is 0 Å². The SMILES string of the molecule is CCNC(=NCc1c(O)ccc2c1CCCC2)Nc1ccc(OC)c(OC)c1. The first-order valence-electron chi connectivity index (χ1n) is 9.76. The molecule has 0 saturated carbocycles. The topological polar surface area (TPSA) is 75.1 Å². The molecular formula is C22H29N3O3. The van der Waals surface area contributed by atoms with E-state index in [4.69, 9.17) is 14.5 Å². The summed E-state index contributed by atoms with van der Waals surface area (Å²) in [5, 5.41) is 16.9. The minimum absolute atomic E-state index is 0.325. The van der Waals surface area contributed by atoms with Gasteiger partial charge in [-0.2, -0.15) is 0 Å². The lowest BCUT2D eigenvalue weighted by molar-refractivity contribution is 0.355. The molecule has 0 bridgehead atoms. The summed E-state index contributed by atoms with van der Waals surface area (Å²) in [4.78, 5) is 4.71. The lowest BCUT2D eigenvalue weighted by Crippen LogP contribution is -2.30. The Morgan fingerprint density at radius 2 is 1.86 bits per heavy atom. The second kappa shape index (κ2) is 9.35. The molecule has 0 unspecified atom stereocenters. The van der Waals surface area contributed by atoms with Crippen molar-refractivity contribution in [2.45, 2.75) is 39.2 Å². The number of guanidine groups is 1. The number of rotatable bonds is 6. The Labute approximate surface area is 166 Å². The average molecular weight is 383 g/mol. The van der Waals surface area contributed by atoms with Gasteiger partial charge in [0.15, 0.2) is 17.5 Å². The van der Waals surface area contributed by atoms with Crippen LogP contribution < -0.4 is 20.1 Å². The van der Waals surface area contributed by atoms with E-state index in [0.717, 1.165) is 37.1 Å². The first kappa shape index (κ1) is 19.9. The Hall–Kier alpha value is -2.89. The van der Waals surface area contributed by atoms with E-state index in [-0.39, 0.29) is 0 Å². The van der Waals surface area contributed by atoms with Gasteiger partial charge in [0.25, 0.3) is 0 Å². The van der Waals surface area contributed by atoms with E-state index in [2.05, 4.69) is 10.6 Å². The molecular weight excluding hydrogens is 354 g/mol. The fraction of sp³-hybridized carbons (Fsp3) is 0.409. The number of anilines is 1. The van der Waals surface area contributed by atoms with Gasteiger partial charge >= 0.3 is 0 Å². The van der Waals surface area contributed by atoms with Crippen molar-refractivity contribution in [1.82, 2.24) is 5.32 Å². The number of nitrogens with zero attached hydrogens (tertiary/aromatic N) is 1. The van der Waals surface area contributed by atoms with Crippen LogP contribution >= 0.6 is 0 Å². The molecule has 0 amide bonds. The van der Waals surface area contributed by atoms with E-state index < -0.39 is 0 Å². The van der Waals surface area contributed by atoms with Crippen LogP contribution in [0.15, 0.2) is 35.3 Å². The van der Waals surface area contributed by atoms with Gasteiger partial charge in [-0.15, -0.1) is 0 Å². The summed E-state index contributed by atoms with van der Waals surface area (Å²) < 4.78 is 10.7. The molecule has 0 heterocycles. The minimum Gasteiger partial charge on any atom is -0.508 e. The maximum atomic E-state index is 10.4. The molecule has 2 aromatic carbocycles. The van der Waals surface area contributed by atoms with Gasteiger partial charge < -0.3 is 25.2 Å². The number of methoxy groups -OCH3 is 2. The third-order valence-corrected chi connectivity index (χ3v) is 5.01. The molecule has 6 heteroatoms. The Morgan fingerprint density at radius 3 is 2.61 bits per heavy atom. The predicted molar refractivity (Wildman–Crippen MR) is 113 cm³/mol. The molecule has 0 aromatic heterocycles. The largest absolute Gasteiger partial charge is 0.508 e. The van der Waals surface area contributed by atoms with E-state index in [1.54, 1.807) is 20.3 Å². The van der Waals surface area contributed by atoms with Crippen LogP contribution in [0.1, 0.15) is 36.5 Å². The van der Waals surface area contributed by atoms with Crippen molar-refractivity contribution in [2.75, 3.05) is 26.1 Å². The minimum atomic E-state index is 0.325. The molecule has 0 radical (unpaired) electrons. The van der Waals surface area contributed by atoms with E-state index in [1.165, 1.54) is 17.5 Å². The van der Waals surface area contributed by atoms with Crippen molar-refractivity contribution in [3.63, 3.8) is 0 Å². The summed E-state index contributed by atoms with van der Waals surface area (Å²) >= 11 is 0. The smallest absolute Gasteiger partial charge is 0.196 e. The van der Waals surface area contributed by atoms with Crippen molar-refractivity contribution >= 4 is 11.6 Å². The number of hydrogen-bond acceptors (Lipinski definition) is 4. The predicted octanol–water partition coefficient (Wildman–Crippen LogP) is 3.87. The summed E-state index contributed by atoms with van der Waals surface area (Å²) in [6.45, 7) is 3.18. The van der Waals surface area contributed by atoms with E-state index in [1.807, 2.05) is 31.2 Å². The number of aliphatic imine (C=N–C) groups is 1. The summed E-state index contributed by atoms with van der Waals surface area (Å²) in [6, 6.07) is 9.47. The summed E-state index contributed by atoms with van der Waals surface area (Å²) in [5.74, 6) is 2.31. The fourth-order valence-corrected chi connectivity index (χ4v) is 3.58. The molecule has 0 aliphatic heterocycles. The lowest BCUT2D eigenvalue weighted by atomic mass is 9.88. The molecule has 0 fully saturated rings. The van der Waals surface area contributed by atoms with Crippen LogP contribution in [0.4, 0.5) is 5.69 Å². The van der Waals surface area contributed by atoms with Crippen molar-refractivity contribution in [2.24, 2.45) is 4.99 Å². The third-order valence-electron chi connectivity index (χ3n) is 5.01. The van der Waals surface area contributed by atoms with Crippen LogP contribution in [0.3, 0.4) is 0 Å². The number of ether oxygens (including phenoxy) is 2. The normalized spacial score (nSPS) is 13.6. The second-order valence-corrected chi connectivity index (χ2v) is 6.80. The van der Waals surface area contributed by atoms with Gasteiger partial charge in [-0.05, 0) is 61.9 Å². The van der Waals surface area contributed by atoms with Crippen LogP contribution in [0.25, 0.3) is 0 Å². The van der Waals surface area contributed by atoms with Gasteiger partial charge in [-0.3, -0.25) is 0 Å². The monoisotopic (exact) mass is 383 g/mol. The number of fused-ring (bicyclic) bond motifs is 1. The lowest BCUT2D eigenvalue weighted by Gasteiger charge is -2.20. The quantitative estimate of drug-likeness (QED) is 0.522. The van der Waals surface area contributed by atoms with Crippen molar-refractivity contribution < 1.29 is 14.6 Å². The average Bonchev–Trinajstić information content (AvgIpc) is 2.73. The highest BCUT2D eigenvalue weighted by Crippen LogP contribution is 2.32. The second-order valence-electron chi connectivity index (χ2n) is 6.80. The zero-order chi connectivity index (χ0) is 19.9. The molecule has 3 rings (SSSR count). The Morgan fingerprint density at radius 1 is 1.07 bits per heavy atom. The molecule has 3 N–H and O–H groups in total. The van der Waals surface area contributed by atoms with Gasteiger partial charge in [0.2, 0.25) is 0 Å². The number of benzene rings is 2. The molecule has 2 aromatic rings. The number of phenols is 1. The number of hydrogen-bond donors (Lipinski definition) is 3. The maximum Gasteiger partial charge on any atom is 0.196 e. The molecule has 0 spiro atoms. The van der Waals surface area contributed by atoms with Crippen molar-refractivity contribution in [3.8, 4) is 17.2 Å². The molecule has 28 heavy (non-hydrogen) atoms. The highest BCUT2D eigenvalue weighted by molar-refractivity contribution is 5.94. The summed E-state index contributed by atoms with van der Waals surface area (Å²) in [6.07, 6.45) is 4.46. The summed E-state index contributed by atoms with van der Waals surface area (Å²) in [7, 11) is 3.23. The standard InChI is InChI=1S/C22H29N3O3/c1-4-23-22(25-16-10-12-20(27-2)21(13-16)28-3)24-14-18-17-8-6-5-7-15(17)9-11-19(18)26/h9-13,26H,4-8,14H2,1-3H3,(H2,23,24,25). The first-order chi connectivity index (χ1) is 13.7. The van der Waals surface area contributed by atoms with Gasteiger partial charge in [0.1, 0.15) is 5.75 Å². The zero-order valence-electron chi connectivity index (χ0n) is 16.8. The molecule has 0 atom stereocenters. The van der Waals surface area contributed by atoms with Crippen LogP contribution in [0.5, 0.6) is 17.2 Å². The number of phenolic OH excluding ortho intramolecular Hbond substituents is 1. The zero-order valence-corrected chi connectivity index (χ0v) is 16.8. The van der Waals surface area contributed by atoms with Crippen LogP contribution in [-0.4, -0.2) is 31.8 Å². The fourth-order valence-electron chi connectivity index (χ4n) is 3.58. The Balaban J connectivity index is 1.82. The van der Waals surface area contributed by atoms with Crippen molar-refractivity contribution in [3.05, 3.63) is 47.0 Å². The Bertz CT molecular complexity index is 849. The molecule has 0 saturated heterocycles. The van der Waals surface area contributed by atoms with E-state index >= 15 is 0 Å². The Kier molecular flexibility index (Phi) is 6.63. The van der Waals surface area contributed by atoms with Crippen LogP contribution in [-0.2, 0) is 19.4 Å². The molecule has 6 nitrogen and oxygen atoms in total. The highest BCUT2D eigenvalue weighted by Gasteiger charge is 2.16. The van der Waals surface area contributed by atoms with Gasteiger partial charge in [0.05, 0.1) is 20.8 Å². The number of aryl methyl sites for hydroxylation is 1. The van der Waals surface area contributed by atoms with E-state index in [0.29, 0.717) is 29.8 Å². The van der Waals surface area contributed by atoms with E-state index in [9.17, 15) is 5.11 Å². The van der Waals surface area contributed by atoms with Gasteiger partial charge in [-0.1, -0.05) is 6.07 Å². The number of aromatic hydroxyl groups is 1. The third kappa shape index (κ3) is 4.50. The first-order valence-corrected chi connectivity index (χ1v) is 9.76. The molecule has 1 aliphatic rings. The van der Waals surface area contributed by atoms with Crippen LogP contribution in [0, 0.1) is 0 Å². The van der Waals surface area contributed by atoms with Gasteiger partial charge in [0, 0.05) is 23.9 Å². The molecule has 1 aliphatic carbocycles. The summed E-state index contributed by atoms with van der Waals surface area (Å²) in [5.41, 5.74) is 4.38. The maximum absolute atomic E-state index is 10.4. The molecule has 150 valence electrons. The van der Waals surface area contributed by atoms with Gasteiger partial charge in [-0.25, -0.2) is 4.99 Å². The van der Waals surface area contributed by atoms with Crippen molar-refractivity contribution in [1.29, 1.82) is 0 Å².